The van der Waals surface area contributed by atoms with Crippen molar-refractivity contribution in [3.05, 3.63) is 90.6 Å². The number of rotatable bonds is 6. The number of hydrogen-bond donors (Lipinski definition) is 1. The van der Waals surface area contributed by atoms with E-state index in [2.05, 4.69) is 22.5 Å². The Morgan fingerprint density at radius 3 is 2.77 bits per heavy atom. The van der Waals surface area contributed by atoms with Crippen LogP contribution >= 0.6 is 0 Å². The van der Waals surface area contributed by atoms with Crippen molar-refractivity contribution in [2.45, 2.75) is 12.5 Å². The van der Waals surface area contributed by atoms with E-state index in [1.54, 1.807) is 17.1 Å². The van der Waals surface area contributed by atoms with Crippen LogP contribution in [0.1, 0.15) is 17.4 Å². The second-order valence-electron chi connectivity index (χ2n) is 6.14. The van der Waals surface area contributed by atoms with E-state index >= 15 is 0 Å². The third-order valence-electron chi connectivity index (χ3n) is 4.44. The monoisotopic (exact) mass is 345 g/mol. The Bertz CT molecular complexity index is 952. The van der Waals surface area contributed by atoms with Crippen LogP contribution in [0.3, 0.4) is 0 Å². The van der Waals surface area contributed by atoms with Gasteiger partial charge in [-0.05, 0) is 34.5 Å². The highest BCUT2D eigenvalue weighted by atomic mass is 16.3. The maximum atomic E-state index is 12.5. The summed E-state index contributed by atoms with van der Waals surface area (Å²) in [7, 11) is 0. The lowest BCUT2D eigenvalue weighted by atomic mass is 10.0. The zero-order valence-corrected chi connectivity index (χ0v) is 14.2. The Morgan fingerprint density at radius 1 is 1.08 bits per heavy atom. The Hall–Kier alpha value is -3.34. The van der Waals surface area contributed by atoms with E-state index in [9.17, 15) is 4.79 Å². The Kier molecular flexibility index (Phi) is 4.51. The average molecular weight is 345 g/mol. The fourth-order valence-electron chi connectivity index (χ4n) is 3.16. The Balaban J connectivity index is 1.47. The zero-order chi connectivity index (χ0) is 17.8. The number of benzene rings is 2. The number of fused-ring (bicyclic) bond motifs is 1. The molecule has 0 bridgehead atoms. The van der Waals surface area contributed by atoms with E-state index in [1.165, 1.54) is 0 Å². The van der Waals surface area contributed by atoms with Crippen molar-refractivity contribution in [2.24, 2.45) is 0 Å². The third kappa shape index (κ3) is 3.37. The molecule has 5 heteroatoms. The van der Waals surface area contributed by atoms with Crippen LogP contribution in [-0.4, -0.2) is 22.2 Å². The molecule has 2 aromatic carbocycles. The molecule has 1 atom stereocenters. The van der Waals surface area contributed by atoms with Gasteiger partial charge in [-0.1, -0.05) is 42.5 Å². The molecule has 0 radical (unpaired) electrons. The second-order valence-corrected chi connectivity index (χ2v) is 6.14. The summed E-state index contributed by atoms with van der Waals surface area (Å²) in [6, 6.07) is 19.6. The van der Waals surface area contributed by atoms with Crippen LogP contribution in [0.15, 0.2) is 83.7 Å². The van der Waals surface area contributed by atoms with Gasteiger partial charge in [-0.25, -0.2) is 0 Å². The van der Waals surface area contributed by atoms with Crippen LogP contribution in [0.25, 0.3) is 10.8 Å². The normalized spacial score (nSPS) is 12.2. The highest BCUT2D eigenvalue weighted by Gasteiger charge is 2.18. The number of amides is 1. The molecule has 0 aliphatic heterocycles. The van der Waals surface area contributed by atoms with Crippen LogP contribution in [0.4, 0.5) is 0 Å². The van der Waals surface area contributed by atoms with Crippen LogP contribution in [0.5, 0.6) is 0 Å². The largest absolute Gasteiger partial charge is 0.467 e. The van der Waals surface area contributed by atoms with Crippen molar-refractivity contribution in [3.8, 4) is 0 Å². The van der Waals surface area contributed by atoms with E-state index in [1.807, 2.05) is 54.7 Å². The third-order valence-corrected chi connectivity index (χ3v) is 4.44. The van der Waals surface area contributed by atoms with Gasteiger partial charge in [-0.2, -0.15) is 5.10 Å². The van der Waals surface area contributed by atoms with Crippen molar-refractivity contribution < 1.29 is 9.21 Å². The predicted molar refractivity (Wildman–Crippen MR) is 99.7 cm³/mol. The Labute approximate surface area is 151 Å². The number of aromatic nitrogens is 2. The van der Waals surface area contributed by atoms with Gasteiger partial charge in [0.25, 0.3) is 0 Å². The number of nitrogens with one attached hydrogen (secondary N) is 1. The number of carbonyl (C=O) groups is 1. The fourth-order valence-corrected chi connectivity index (χ4v) is 3.16. The van der Waals surface area contributed by atoms with Gasteiger partial charge < -0.3 is 9.73 Å². The fraction of sp³-hybridized carbons (Fsp3) is 0.143. The zero-order valence-electron chi connectivity index (χ0n) is 14.2. The van der Waals surface area contributed by atoms with Crippen LogP contribution in [0.2, 0.25) is 0 Å². The lowest BCUT2D eigenvalue weighted by Gasteiger charge is -2.16. The van der Waals surface area contributed by atoms with E-state index in [0.717, 1.165) is 22.1 Å². The number of carbonyl (C=O) groups excluding carboxylic acids is 1. The molecule has 0 spiro atoms. The predicted octanol–water partition coefficient (Wildman–Crippen LogP) is 3.58. The van der Waals surface area contributed by atoms with E-state index in [0.29, 0.717) is 13.0 Å². The van der Waals surface area contributed by atoms with E-state index in [4.69, 9.17) is 4.42 Å². The summed E-state index contributed by atoms with van der Waals surface area (Å²) in [5.41, 5.74) is 1.02. The summed E-state index contributed by atoms with van der Waals surface area (Å²) in [6.07, 6.45) is 5.55. The first-order valence-corrected chi connectivity index (χ1v) is 8.57. The number of nitrogens with zero attached hydrogens (tertiary/aromatic N) is 2. The van der Waals surface area contributed by atoms with Crippen molar-refractivity contribution in [1.29, 1.82) is 0 Å². The van der Waals surface area contributed by atoms with Crippen LogP contribution in [0, 0.1) is 0 Å². The van der Waals surface area contributed by atoms with E-state index < -0.39 is 0 Å². The van der Waals surface area contributed by atoms with Gasteiger partial charge in [0, 0.05) is 18.9 Å². The minimum Gasteiger partial charge on any atom is -0.467 e. The first kappa shape index (κ1) is 16.1. The van der Waals surface area contributed by atoms with Crippen molar-refractivity contribution in [3.63, 3.8) is 0 Å². The molecule has 0 saturated carbocycles. The molecule has 26 heavy (non-hydrogen) atoms. The molecule has 0 fully saturated rings. The van der Waals surface area contributed by atoms with E-state index in [-0.39, 0.29) is 11.9 Å². The topological polar surface area (TPSA) is 60.1 Å². The molecule has 2 aromatic heterocycles. The molecule has 4 rings (SSSR count). The molecule has 130 valence electrons. The van der Waals surface area contributed by atoms with Crippen LogP contribution in [-0.2, 0) is 11.2 Å². The highest BCUT2D eigenvalue weighted by Crippen LogP contribution is 2.20. The van der Waals surface area contributed by atoms with Crippen LogP contribution < -0.4 is 5.32 Å². The number of furan rings is 1. The first-order valence-electron chi connectivity index (χ1n) is 8.57. The summed E-state index contributed by atoms with van der Waals surface area (Å²) in [4.78, 5) is 12.5. The first-order chi connectivity index (χ1) is 12.8. The van der Waals surface area contributed by atoms with Gasteiger partial charge in [-0.3, -0.25) is 9.48 Å². The lowest BCUT2D eigenvalue weighted by Crippen LogP contribution is -2.32. The smallest absolute Gasteiger partial charge is 0.224 e. The quantitative estimate of drug-likeness (QED) is 0.581. The minimum absolute atomic E-state index is 0.0231. The maximum absolute atomic E-state index is 12.5. The van der Waals surface area contributed by atoms with Crippen molar-refractivity contribution >= 4 is 16.7 Å². The summed E-state index contributed by atoms with van der Waals surface area (Å²) in [5, 5.41) is 9.55. The minimum atomic E-state index is -0.170. The van der Waals surface area contributed by atoms with Crippen molar-refractivity contribution in [1.82, 2.24) is 15.1 Å². The molecule has 1 N–H and O–H groups in total. The second kappa shape index (κ2) is 7.27. The maximum Gasteiger partial charge on any atom is 0.224 e. The standard InChI is InChI=1S/C21H19N3O2/c25-21(14-17-8-3-7-16-6-1-2-9-18(16)17)22-15-19(20-10-4-13-26-20)24-12-5-11-23-24/h1-13,19H,14-15H2,(H,22,25)/t19-/m0/s1. The Morgan fingerprint density at radius 2 is 1.96 bits per heavy atom. The lowest BCUT2D eigenvalue weighted by molar-refractivity contribution is -0.120. The molecule has 0 unspecified atom stereocenters. The molecular formula is C21H19N3O2. The molecule has 5 nitrogen and oxygen atoms in total. The molecule has 2 heterocycles. The van der Waals surface area contributed by atoms with Gasteiger partial charge in [-0.15, -0.1) is 0 Å². The molecule has 0 saturated heterocycles. The molecule has 0 aliphatic carbocycles. The van der Waals surface area contributed by atoms with Gasteiger partial charge in [0.15, 0.2) is 0 Å². The molecule has 0 aliphatic rings. The van der Waals surface area contributed by atoms with Gasteiger partial charge in [0.1, 0.15) is 11.8 Å². The summed E-state index contributed by atoms with van der Waals surface area (Å²) in [6.45, 7) is 0.415. The molecule has 1 amide bonds. The molecular weight excluding hydrogens is 326 g/mol. The highest BCUT2D eigenvalue weighted by molar-refractivity contribution is 5.90. The SMILES string of the molecule is O=C(Cc1cccc2ccccc12)NC[C@@H](c1ccco1)n1cccn1. The average Bonchev–Trinajstić information content (AvgIpc) is 3.37. The summed E-state index contributed by atoms with van der Waals surface area (Å²) >= 11 is 0. The molecule has 4 aromatic rings. The van der Waals surface area contributed by atoms with Crippen molar-refractivity contribution in [2.75, 3.05) is 6.54 Å². The summed E-state index contributed by atoms with van der Waals surface area (Å²) in [5.74, 6) is 0.740. The summed E-state index contributed by atoms with van der Waals surface area (Å²) < 4.78 is 7.30. The number of hydrogen-bond acceptors (Lipinski definition) is 3. The van der Waals surface area contributed by atoms with Gasteiger partial charge in [0.05, 0.1) is 12.7 Å². The van der Waals surface area contributed by atoms with Gasteiger partial charge >= 0.3 is 0 Å². The van der Waals surface area contributed by atoms with Gasteiger partial charge in [0.2, 0.25) is 5.91 Å².